The first-order chi connectivity index (χ1) is 8.72. The average molecular weight is 313 g/mol. The molecule has 0 bridgehead atoms. The predicted molar refractivity (Wildman–Crippen MR) is 70.7 cm³/mol. The number of hydrogen-bond donors (Lipinski definition) is 1. The topological polar surface area (TPSA) is 38.1 Å². The summed E-state index contributed by atoms with van der Waals surface area (Å²) in [5.74, 6) is 0.384. The minimum absolute atomic E-state index is 0.197. The van der Waals surface area contributed by atoms with E-state index < -0.39 is 0 Å². The highest BCUT2D eigenvalue weighted by Gasteiger charge is 2.20. The van der Waals surface area contributed by atoms with E-state index >= 15 is 0 Å². The Labute approximate surface area is 114 Å². The second-order valence-corrected chi connectivity index (χ2v) is 4.81. The molecule has 0 radical (unpaired) electrons. The van der Waals surface area contributed by atoms with Crippen molar-refractivity contribution in [3.63, 3.8) is 0 Å². The lowest BCUT2D eigenvalue weighted by molar-refractivity contribution is 0.442. The maximum absolute atomic E-state index is 13.3. The van der Waals surface area contributed by atoms with E-state index in [2.05, 4.69) is 33.2 Å². The van der Waals surface area contributed by atoms with Gasteiger partial charge in [0, 0.05) is 6.20 Å². The molecule has 0 aliphatic rings. The number of nitrogens with zero attached hydrogens (tertiary/aromatic N) is 1. The van der Waals surface area contributed by atoms with Crippen molar-refractivity contribution in [2.75, 3.05) is 6.54 Å². The van der Waals surface area contributed by atoms with E-state index in [4.69, 9.17) is 4.42 Å². The molecule has 3 nitrogen and oxygen atoms in total. The Hall–Kier alpha value is -1.20. The van der Waals surface area contributed by atoms with E-state index in [1.54, 1.807) is 12.5 Å². The summed E-state index contributed by atoms with van der Waals surface area (Å²) in [5, 5.41) is 3.33. The van der Waals surface area contributed by atoms with Gasteiger partial charge in [-0.15, -0.1) is 0 Å². The molecule has 0 saturated carbocycles. The summed E-state index contributed by atoms with van der Waals surface area (Å²) in [5.41, 5.74) is 0.749. The van der Waals surface area contributed by atoms with Crippen molar-refractivity contribution in [3.05, 3.63) is 52.4 Å². The highest BCUT2D eigenvalue weighted by atomic mass is 79.9. The Morgan fingerprint density at radius 2 is 2.33 bits per heavy atom. The minimum atomic E-state index is -0.349. The Morgan fingerprint density at radius 3 is 2.94 bits per heavy atom. The number of rotatable bonds is 5. The summed E-state index contributed by atoms with van der Waals surface area (Å²) in [6, 6.07) is 3.09. The van der Waals surface area contributed by atoms with Gasteiger partial charge in [0.2, 0.25) is 0 Å². The van der Waals surface area contributed by atoms with Crippen molar-refractivity contribution < 1.29 is 8.81 Å². The van der Waals surface area contributed by atoms with Gasteiger partial charge in [-0.2, -0.15) is 0 Å². The van der Waals surface area contributed by atoms with E-state index in [1.807, 2.05) is 6.07 Å². The number of aromatic nitrogens is 1. The maximum atomic E-state index is 13.3. The van der Waals surface area contributed by atoms with E-state index in [-0.39, 0.29) is 11.9 Å². The van der Waals surface area contributed by atoms with Gasteiger partial charge in [0.1, 0.15) is 11.6 Å². The predicted octanol–water partition coefficient (Wildman–Crippen LogP) is 3.67. The molecule has 18 heavy (non-hydrogen) atoms. The molecule has 5 heteroatoms. The molecule has 0 aliphatic heterocycles. The summed E-state index contributed by atoms with van der Waals surface area (Å²) in [6.45, 7) is 2.89. The molecule has 2 heterocycles. The van der Waals surface area contributed by atoms with Gasteiger partial charge < -0.3 is 9.73 Å². The Bertz CT molecular complexity index is 515. The molecule has 0 spiro atoms. The zero-order chi connectivity index (χ0) is 13.0. The van der Waals surface area contributed by atoms with Crippen LogP contribution in [0, 0.1) is 5.82 Å². The van der Waals surface area contributed by atoms with Gasteiger partial charge in [0.25, 0.3) is 0 Å². The van der Waals surface area contributed by atoms with Crippen LogP contribution in [0.25, 0.3) is 0 Å². The van der Waals surface area contributed by atoms with Crippen LogP contribution in [-0.2, 0) is 0 Å². The van der Waals surface area contributed by atoms with Gasteiger partial charge in [-0.05, 0) is 46.6 Å². The van der Waals surface area contributed by atoms with Gasteiger partial charge in [-0.25, -0.2) is 4.39 Å². The first kappa shape index (κ1) is 13.2. The largest absolute Gasteiger partial charge is 0.466 e. The lowest BCUT2D eigenvalue weighted by Gasteiger charge is -2.17. The standard InChI is InChI=1S/C13H14BrFN2O/c1-2-4-17-12(13-11(14)3-5-18-13)9-6-10(15)8-16-7-9/h3,5-8,12,17H,2,4H2,1H3. The van der Waals surface area contributed by atoms with E-state index in [0.29, 0.717) is 0 Å². The smallest absolute Gasteiger partial charge is 0.141 e. The van der Waals surface area contributed by atoms with E-state index in [9.17, 15) is 4.39 Å². The fourth-order valence-corrected chi connectivity index (χ4v) is 2.18. The SMILES string of the molecule is CCCNC(c1cncc(F)c1)c1occc1Br. The first-order valence-electron chi connectivity index (χ1n) is 5.79. The molecule has 1 unspecified atom stereocenters. The van der Waals surface area contributed by atoms with Crippen LogP contribution >= 0.6 is 15.9 Å². The molecule has 1 atom stereocenters. The zero-order valence-corrected chi connectivity index (χ0v) is 11.6. The molecule has 0 fully saturated rings. The van der Waals surface area contributed by atoms with Crippen molar-refractivity contribution >= 4 is 15.9 Å². The molecule has 96 valence electrons. The lowest BCUT2D eigenvalue weighted by Crippen LogP contribution is -2.23. The third kappa shape index (κ3) is 2.97. The number of furan rings is 1. The zero-order valence-electron chi connectivity index (χ0n) is 9.99. The van der Waals surface area contributed by atoms with Crippen LogP contribution in [-0.4, -0.2) is 11.5 Å². The van der Waals surface area contributed by atoms with Crippen molar-refractivity contribution in [3.8, 4) is 0 Å². The van der Waals surface area contributed by atoms with Gasteiger partial charge in [-0.1, -0.05) is 6.92 Å². The monoisotopic (exact) mass is 312 g/mol. The summed E-state index contributed by atoms with van der Waals surface area (Å²) in [6.07, 6.45) is 5.42. The highest BCUT2D eigenvalue weighted by Crippen LogP contribution is 2.29. The summed E-state index contributed by atoms with van der Waals surface area (Å²) in [4.78, 5) is 3.88. The van der Waals surface area contributed by atoms with E-state index in [0.717, 1.165) is 28.8 Å². The quantitative estimate of drug-likeness (QED) is 0.915. The van der Waals surface area contributed by atoms with Crippen molar-refractivity contribution in [1.29, 1.82) is 0 Å². The van der Waals surface area contributed by atoms with E-state index in [1.165, 1.54) is 12.3 Å². The molecule has 1 N–H and O–H groups in total. The summed E-state index contributed by atoms with van der Waals surface area (Å²) in [7, 11) is 0. The van der Waals surface area contributed by atoms with Crippen LogP contribution < -0.4 is 5.32 Å². The molecular weight excluding hydrogens is 299 g/mol. The highest BCUT2D eigenvalue weighted by molar-refractivity contribution is 9.10. The summed E-state index contributed by atoms with van der Waals surface area (Å²) < 4.78 is 19.6. The fourth-order valence-electron chi connectivity index (χ4n) is 1.75. The first-order valence-corrected chi connectivity index (χ1v) is 6.58. The normalized spacial score (nSPS) is 12.6. The van der Waals surface area contributed by atoms with Crippen molar-refractivity contribution in [2.45, 2.75) is 19.4 Å². The molecule has 2 aromatic rings. The number of nitrogens with one attached hydrogen (secondary N) is 1. The average Bonchev–Trinajstić information content (AvgIpc) is 2.77. The van der Waals surface area contributed by atoms with Crippen LogP contribution in [0.5, 0.6) is 0 Å². The van der Waals surface area contributed by atoms with Crippen LogP contribution in [0.2, 0.25) is 0 Å². The maximum Gasteiger partial charge on any atom is 0.141 e. The third-order valence-corrected chi connectivity index (χ3v) is 3.22. The molecule has 0 aromatic carbocycles. The Kier molecular flexibility index (Phi) is 4.49. The Balaban J connectivity index is 2.33. The molecule has 2 aromatic heterocycles. The van der Waals surface area contributed by atoms with Crippen LogP contribution in [0.3, 0.4) is 0 Å². The number of hydrogen-bond acceptors (Lipinski definition) is 3. The Morgan fingerprint density at radius 1 is 1.50 bits per heavy atom. The molecule has 2 rings (SSSR count). The van der Waals surface area contributed by atoms with Gasteiger partial charge in [0.15, 0.2) is 0 Å². The van der Waals surface area contributed by atoms with Crippen molar-refractivity contribution in [1.82, 2.24) is 10.3 Å². The van der Waals surface area contributed by atoms with Crippen molar-refractivity contribution in [2.24, 2.45) is 0 Å². The fraction of sp³-hybridized carbons (Fsp3) is 0.308. The summed E-state index contributed by atoms with van der Waals surface area (Å²) >= 11 is 3.43. The molecule has 0 aliphatic carbocycles. The molecular formula is C13H14BrFN2O. The number of pyridine rings is 1. The van der Waals surface area contributed by atoms with Crippen LogP contribution in [0.4, 0.5) is 4.39 Å². The van der Waals surface area contributed by atoms with Crippen LogP contribution in [0.1, 0.15) is 30.7 Å². The number of halogens is 2. The minimum Gasteiger partial charge on any atom is -0.466 e. The third-order valence-electron chi connectivity index (χ3n) is 2.56. The van der Waals surface area contributed by atoms with Gasteiger partial charge >= 0.3 is 0 Å². The molecule has 0 saturated heterocycles. The van der Waals surface area contributed by atoms with Crippen LogP contribution in [0.15, 0.2) is 39.7 Å². The lowest BCUT2D eigenvalue weighted by atomic mass is 10.1. The second-order valence-electron chi connectivity index (χ2n) is 3.96. The van der Waals surface area contributed by atoms with Gasteiger partial charge in [-0.3, -0.25) is 4.98 Å². The van der Waals surface area contributed by atoms with Gasteiger partial charge in [0.05, 0.1) is 23.0 Å². The second kappa shape index (κ2) is 6.11. The molecule has 0 amide bonds.